The molecule has 3 N–H and O–H groups in total. The van der Waals surface area contributed by atoms with Gasteiger partial charge < -0.3 is 15.7 Å². The first-order valence-corrected chi connectivity index (χ1v) is 12.0. The number of aryl methyl sites for hydroxylation is 2. The summed E-state index contributed by atoms with van der Waals surface area (Å²) in [4.78, 5) is 4.03. The van der Waals surface area contributed by atoms with E-state index >= 15 is 0 Å². The maximum atomic E-state index is 13.9. The third-order valence-electron chi connectivity index (χ3n) is 6.29. The van der Waals surface area contributed by atoms with E-state index in [0.717, 1.165) is 43.5 Å². The van der Waals surface area contributed by atoms with E-state index in [0.29, 0.717) is 19.4 Å². The lowest BCUT2D eigenvalue weighted by Crippen LogP contribution is -2.42. The van der Waals surface area contributed by atoms with Crippen molar-refractivity contribution in [3.8, 4) is 0 Å². The number of aliphatic hydroxyl groups is 1. The highest BCUT2D eigenvalue weighted by atomic mass is 19.1. The van der Waals surface area contributed by atoms with Gasteiger partial charge in [-0.05, 0) is 79.5 Å². The second kappa shape index (κ2) is 13.2. The summed E-state index contributed by atoms with van der Waals surface area (Å²) in [5.41, 5.74) is 4.86. The van der Waals surface area contributed by atoms with E-state index in [1.165, 1.54) is 22.8 Å². The van der Waals surface area contributed by atoms with Crippen LogP contribution in [0.5, 0.6) is 0 Å². The third-order valence-corrected chi connectivity index (χ3v) is 6.29. The minimum atomic E-state index is -0.719. The number of nitrogens with one attached hydrogen (secondary N) is 2. The standard InChI is InChI=1S/C28H35F2N3O/c1-3-20-11-12-21-7-5-9-26(25(21)17-20)32-19-28(34)27(33-24-13-15-31-16-14-24)10-6-8-23(30)18-22(29)4-2/h4,8,11-18,26-28,32,34H,2-3,5-7,9-10,19H2,1H3,(H,31,33)/b22-18+,23-8+. The number of allylic oxidation sites excluding steroid dienone is 5. The van der Waals surface area contributed by atoms with Crippen molar-refractivity contribution in [2.75, 3.05) is 11.9 Å². The second-order valence-electron chi connectivity index (χ2n) is 8.69. The molecule has 6 heteroatoms. The van der Waals surface area contributed by atoms with Gasteiger partial charge in [0.1, 0.15) is 11.7 Å². The van der Waals surface area contributed by atoms with Gasteiger partial charge in [0.15, 0.2) is 0 Å². The minimum Gasteiger partial charge on any atom is -0.390 e. The van der Waals surface area contributed by atoms with Gasteiger partial charge in [-0.15, -0.1) is 0 Å². The molecule has 0 aliphatic heterocycles. The normalized spacial score (nSPS) is 18.2. The highest BCUT2D eigenvalue weighted by Crippen LogP contribution is 2.31. The van der Waals surface area contributed by atoms with Gasteiger partial charge in [0.25, 0.3) is 0 Å². The quantitative estimate of drug-likeness (QED) is 0.329. The number of fused-ring (bicyclic) bond motifs is 1. The number of halogens is 2. The van der Waals surface area contributed by atoms with Gasteiger partial charge in [-0.25, -0.2) is 8.78 Å². The molecule has 0 saturated carbocycles. The van der Waals surface area contributed by atoms with Crippen molar-refractivity contribution in [2.45, 2.75) is 63.6 Å². The fraction of sp³-hybridized carbons (Fsp3) is 0.393. The fourth-order valence-electron chi connectivity index (χ4n) is 4.36. The monoisotopic (exact) mass is 467 g/mol. The van der Waals surface area contributed by atoms with E-state index in [9.17, 15) is 13.9 Å². The molecule has 34 heavy (non-hydrogen) atoms. The van der Waals surface area contributed by atoms with Crippen molar-refractivity contribution in [3.05, 3.63) is 95.9 Å². The fourth-order valence-corrected chi connectivity index (χ4v) is 4.36. The molecule has 3 atom stereocenters. The van der Waals surface area contributed by atoms with Crippen LogP contribution in [0, 0.1) is 0 Å². The average Bonchev–Trinajstić information content (AvgIpc) is 2.86. The summed E-state index contributed by atoms with van der Waals surface area (Å²) in [6, 6.07) is 10.3. The molecule has 0 fully saturated rings. The molecule has 0 amide bonds. The van der Waals surface area contributed by atoms with Crippen molar-refractivity contribution < 1.29 is 13.9 Å². The van der Waals surface area contributed by atoms with Crippen LogP contribution in [0.25, 0.3) is 0 Å². The summed E-state index contributed by atoms with van der Waals surface area (Å²) in [6.07, 6.45) is 10.8. The molecule has 1 aromatic carbocycles. The maximum absolute atomic E-state index is 13.9. The Morgan fingerprint density at radius 2 is 2.03 bits per heavy atom. The zero-order valence-electron chi connectivity index (χ0n) is 19.8. The summed E-state index contributed by atoms with van der Waals surface area (Å²) < 4.78 is 27.1. The Hall–Kier alpha value is -2.83. The average molecular weight is 468 g/mol. The van der Waals surface area contributed by atoms with Gasteiger partial charge in [-0.1, -0.05) is 31.7 Å². The van der Waals surface area contributed by atoms with Crippen molar-refractivity contribution in [1.82, 2.24) is 10.3 Å². The molecule has 0 spiro atoms. The van der Waals surface area contributed by atoms with E-state index in [2.05, 4.69) is 47.3 Å². The van der Waals surface area contributed by atoms with Gasteiger partial charge in [0.05, 0.1) is 12.1 Å². The minimum absolute atomic E-state index is 0.204. The number of aliphatic hydroxyl groups excluding tert-OH is 1. The van der Waals surface area contributed by atoms with Gasteiger partial charge in [0.2, 0.25) is 0 Å². The number of anilines is 1. The number of aromatic nitrogens is 1. The van der Waals surface area contributed by atoms with Gasteiger partial charge >= 0.3 is 0 Å². The Labute approximate surface area is 201 Å². The number of rotatable bonds is 12. The highest BCUT2D eigenvalue weighted by molar-refractivity contribution is 5.42. The largest absolute Gasteiger partial charge is 0.390 e. The Bertz CT molecular complexity index is 990. The lowest BCUT2D eigenvalue weighted by molar-refractivity contribution is 0.141. The molecule has 1 aliphatic carbocycles. The predicted molar refractivity (Wildman–Crippen MR) is 135 cm³/mol. The van der Waals surface area contributed by atoms with Crippen LogP contribution in [-0.4, -0.2) is 28.8 Å². The lowest BCUT2D eigenvalue weighted by Gasteiger charge is -2.30. The molecule has 0 radical (unpaired) electrons. The number of pyridine rings is 1. The van der Waals surface area contributed by atoms with Gasteiger partial charge in [-0.3, -0.25) is 4.98 Å². The van der Waals surface area contributed by atoms with Crippen molar-refractivity contribution >= 4 is 5.69 Å². The van der Waals surface area contributed by atoms with E-state index < -0.39 is 17.8 Å². The second-order valence-corrected chi connectivity index (χ2v) is 8.69. The highest BCUT2D eigenvalue weighted by Gasteiger charge is 2.24. The van der Waals surface area contributed by atoms with Crippen LogP contribution in [0.15, 0.2) is 79.2 Å². The van der Waals surface area contributed by atoms with E-state index in [4.69, 9.17) is 0 Å². The summed E-state index contributed by atoms with van der Waals surface area (Å²) in [5.74, 6) is -1.37. The van der Waals surface area contributed by atoms with E-state index in [1.54, 1.807) is 12.4 Å². The van der Waals surface area contributed by atoms with Crippen LogP contribution in [-0.2, 0) is 12.8 Å². The first kappa shape index (κ1) is 25.8. The zero-order valence-corrected chi connectivity index (χ0v) is 19.8. The SMILES string of the molecule is C=C/C(F)=C\C(F)=C/CCC(Nc1ccncc1)C(O)CNC1CCCc2ccc(CC)cc21. The molecule has 3 rings (SSSR count). The summed E-state index contributed by atoms with van der Waals surface area (Å²) in [6.45, 7) is 5.84. The maximum Gasteiger partial charge on any atom is 0.125 e. The number of nitrogens with zero attached hydrogens (tertiary/aromatic N) is 1. The predicted octanol–water partition coefficient (Wildman–Crippen LogP) is 6.13. The molecular weight excluding hydrogens is 432 g/mol. The van der Waals surface area contributed by atoms with Crippen LogP contribution in [0.1, 0.15) is 55.3 Å². The summed E-state index contributed by atoms with van der Waals surface area (Å²) in [7, 11) is 0. The summed E-state index contributed by atoms with van der Waals surface area (Å²) in [5, 5.41) is 18.0. The van der Waals surface area contributed by atoms with Crippen LogP contribution in [0.4, 0.5) is 14.5 Å². The molecule has 182 valence electrons. The van der Waals surface area contributed by atoms with Crippen molar-refractivity contribution in [3.63, 3.8) is 0 Å². The molecular formula is C28H35F2N3O. The molecule has 3 unspecified atom stereocenters. The number of benzene rings is 1. The molecule has 0 saturated heterocycles. The first-order chi connectivity index (χ1) is 16.5. The molecule has 1 aliphatic rings. The molecule has 0 bridgehead atoms. The zero-order chi connectivity index (χ0) is 24.3. The van der Waals surface area contributed by atoms with Gasteiger partial charge in [0, 0.05) is 36.7 Å². The van der Waals surface area contributed by atoms with Gasteiger partial charge in [-0.2, -0.15) is 0 Å². The van der Waals surface area contributed by atoms with E-state index in [1.807, 2.05) is 12.1 Å². The Morgan fingerprint density at radius 1 is 1.24 bits per heavy atom. The van der Waals surface area contributed by atoms with Crippen molar-refractivity contribution in [1.29, 1.82) is 0 Å². The summed E-state index contributed by atoms with van der Waals surface area (Å²) >= 11 is 0. The Balaban J connectivity index is 1.66. The molecule has 1 heterocycles. The lowest BCUT2D eigenvalue weighted by atomic mass is 9.86. The molecule has 4 nitrogen and oxygen atoms in total. The van der Waals surface area contributed by atoms with Crippen LogP contribution in [0.2, 0.25) is 0 Å². The first-order valence-electron chi connectivity index (χ1n) is 12.0. The Kier molecular flexibility index (Phi) is 9.98. The third kappa shape index (κ3) is 7.61. The Morgan fingerprint density at radius 3 is 2.76 bits per heavy atom. The topological polar surface area (TPSA) is 57.2 Å². The van der Waals surface area contributed by atoms with E-state index in [-0.39, 0.29) is 12.1 Å². The van der Waals surface area contributed by atoms with Crippen LogP contribution >= 0.6 is 0 Å². The van der Waals surface area contributed by atoms with Crippen LogP contribution < -0.4 is 10.6 Å². The molecule has 1 aromatic heterocycles. The van der Waals surface area contributed by atoms with Crippen molar-refractivity contribution in [2.24, 2.45) is 0 Å². The number of hydrogen-bond donors (Lipinski definition) is 3. The number of hydrogen-bond acceptors (Lipinski definition) is 4. The molecule has 2 aromatic rings. The smallest absolute Gasteiger partial charge is 0.125 e. The van der Waals surface area contributed by atoms with Crippen LogP contribution in [0.3, 0.4) is 0 Å².